The van der Waals surface area contributed by atoms with Gasteiger partial charge in [0.2, 0.25) is 0 Å². The second-order valence-electron chi connectivity index (χ2n) is 8.27. The smallest absolute Gasteiger partial charge is 0.322 e. The van der Waals surface area contributed by atoms with Crippen molar-refractivity contribution in [2.75, 3.05) is 11.9 Å². The minimum Gasteiger partial charge on any atom is -0.461 e. The SMILES string of the molecule is CC(C)(Sc1nc(CCNc2ccc(F)cc2)cs1)C(=O)OC1CCCCCCC1. The Kier molecular flexibility index (Phi) is 8.57. The number of nitrogens with zero attached hydrogens (tertiary/aromatic N) is 1. The van der Waals surface area contributed by atoms with E-state index < -0.39 is 4.75 Å². The Balaban J connectivity index is 1.46. The van der Waals surface area contributed by atoms with Crippen LogP contribution in [0.2, 0.25) is 0 Å². The number of carbonyl (C=O) groups is 1. The van der Waals surface area contributed by atoms with Crippen LogP contribution in [0.3, 0.4) is 0 Å². The summed E-state index contributed by atoms with van der Waals surface area (Å²) < 4.78 is 19.1. The maximum atomic E-state index is 13.0. The van der Waals surface area contributed by atoms with Gasteiger partial charge >= 0.3 is 5.97 Å². The van der Waals surface area contributed by atoms with Gasteiger partial charge in [-0.05, 0) is 63.8 Å². The maximum absolute atomic E-state index is 13.0. The van der Waals surface area contributed by atoms with Gasteiger partial charge in [0, 0.05) is 24.0 Å². The molecule has 1 aliphatic rings. The molecule has 0 aliphatic heterocycles. The topological polar surface area (TPSA) is 51.2 Å². The lowest BCUT2D eigenvalue weighted by Crippen LogP contribution is -2.33. The summed E-state index contributed by atoms with van der Waals surface area (Å²) in [5.74, 6) is -0.384. The highest BCUT2D eigenvalue weighted by atomic mass is 32.2. The molecule has 164 valence electrons. The number of hydrogen-bond acceptors (Lipinski definition) is 6. The number of thioether (sulfide) groups is 1. The largest absolute Gasteiger partial charge is 0.461 e. The molecule has 1 N–H and O–H groups in total. The first kappa shape index (κ1) is 23.1. The molecule has 30 heavy (non-hydrogen) atoms. The quantitative estimate of drug-likeness (QED) is 0.369. The molecule has 0 radical (unpaired) electrons. The zero-order valence-corrected chi connectivity index (χ0v) is 19.4. The number of nitrogens with one attached hydrogen (secondary N) is 1. The van der Waals surface area contributed by atoms with E-state index in [1.165, 1.54) is 43.2 Å². The minimum atomic E-state index is -0.663. The second-order valence-corrected chi connectivity index (χ2v) is 11.0. The van der Waals surface area contributed by atoms with Crippen molar-refractivity contribution in [3.05, 3.63) is 41.2 Å². The molecular weight excluding hydrogens is 419 g/mol. The van der Waals surface area contributed by atoms with E-state index in [1.807, 2.05) is 19.2 Å². The van der Waals surface area contributed by atoms with E-state index in [9.17, 15) is 9.18 Å². The Bertz CT molecular complexity index is 800. The summed E-state index contributed by atoms with van der Waals surface area (Å²) in [4.78, 5) is 17.5. The number of rotatable bonds is 8. The fourth-order valence-corrected chi connectivity index (χ4v) is 5.71. The number of aromatic nitrogens is 1. The third-order valence-electron chi connectivity index (χ3n) is 5.25. The summed E-state index contributed by atoms with van der Waals surface area (Å²) in [6.45, 7) is 4.55. The van der Waals surface area contributed by atoms with Crippen molar-refractivity contribution in [3.8, 4) is 0 Å². The lowest BCUT2D eigenvalue weighted by Gasteiger charge is -2.26. The van der Waals surface area contributed by atoms with E-state index in [0.717, 1.165) is 47.8 Å². The van der Waals surface area contributed by atoms with Crippen LogP contribution in [0.15, 0.2) is 34.0 Å². The Morgan fingerprint density at radius 3 is 2.57 bits per heavy atom. The van der Waals surface area contributed by atoms with Crippen LogP contribution in [0, 0.1) is 5.82 Å². The Morgan fingerprint density at radius 1 is 1.20 bits per heavy atom. The van der Waals surface area contributed by atoms with Gasteiger partial charge in [-0.3, -0.25) is 4.79 Å². The van der Waals surface area contributed by atoms with E-state index in [1.54, 1.807) is 23.5 Å². The van der Waals surface area contributed by atoms with E-state index in [-0.39, 0.29) is 17.9 Å². The molecule has 1 aromatic carbocycles. The Hall–Kier alpha value is -1.60. The van der Waals surface area contributed by atoms with Crippen molar-refractivity contribution >= 4 is 34.8 Å². The molecular formula is C23H31FN2O2S2. The first-order chi connectivity index (χ1) is 14.4. The maximum Gasteiger partial charge on any atom is 0.322 e. The molecule has 1 aliphatic carbocycles. The Morgan fingerprint density at radius 2 is 1.87 bits per heavy atom. The number of carbonyl (C=O) groups excluding carboxylic acids is 1. The summed E-state index contributed by atoms with van der Waals surface area (Å²) >= 11 is 3.04. The lowest BCUT2D eigenvalue weighted by molar-refractivity contribution is -0.152. The summed E-state index contributed by atoms with van der Waals surface area (Å²) in [7, 11) is 0. The van der Waals surface area contributed by atoms with Crippen LogP contribution in [-0.4, -0.2) is 28.3 Å². The number of esters is 1. The third kappa shape index (κ3) is 7.27. The highest BCUT2D eigenvalue weighted by Gasteiger charge is 2.33. The average Bonchev–Trinajstić information content (AvgIpc) is 3.11. The first-order valence-corrected chi connectivity index (χ1v) is 12.5. The third-order valence-corrected chi connectivity index (χ3v) is 7.41. The minimum absolute atomic E-state index is 0.0575. The van der Waals surface area contributed by atoms with Crippen molar-refractivity contribution in [1.82, 2.24) is 4.98 Å². The molecule has 0 spiro atoms. The first-order valence-electron chi connectivity index (χ1n) is 10.8. The van der Waals surface area contributed by atoms with Crippen molar-refractivity contribution in [2.24, 2.45) is 0 Å². The zero-order valence-electron chi connectivity index (χ0n) is 17.8. The average molecular weight is 451 g/mol. The predicted molar refractivity (Wildman–Crippen MR) is 123 cm³/mol. The molecule has 3 rings (SSSR count). The van der Waals surface area contributed by atoms with Crippen LogP contribution in [0.25, 0.3) is 0 Å². The molecule has 2 aromatic rings. The van der Waals surface area contributed by atoms with Gasteiger partial charge in [-0.2, -0.15) is 0 Å². The van der Waals surface area contributed by atoms with Crippen LogP contribution in [0.1, 0.15) is 64.5 Å². The second kappa shape index (κ2) is 11.1. The predicted octanol–water partition coefficient (Wildman–Crippen LogP) is 6.46. The van der Waals surface area contributed by atoms with Crippen LogP contribution in [0.5, 0.6) is 0 Å². The van der Waals surface area contributed by atoms with Gasteiger partial charge in [0.05, 0.1) is 5.69 Å². The van der Waals surface area contributed by atoms with Gasteiger partial charge in [0.1, 0.15) is 16.7 Å². The molecule has 1 aromatic heterocycles. The molecule has 7 heteroatoms. The number of ether oxygens (including phenoxy) is 1. The molecule has 0 amide bonds. The summed E-state index contributed by atoms with van der Waals surface area (Å²) in [5.41, 5.74) is 1.88. The molecule has 1 heterocycles. The van der Waals surface area contributed by atoms with Crippen LogP contribution in [0.4, 0.5) is 10.1 Å². The van der Waals surface area contributed by atoms with E-state index in [0.29, 0.717) is 6.54 Å². The van der Waals surface area contributed by atoms with Gasteiger partial charge in [0.25, 0.3) is 0 Å². The number of halogens is 1. The number of thiazole rings is 1. The monoisotopic (exact) mass is 450 g/mol. The van der Waals surface area contributed by atoms with E-state index in [4.69, 9.17) is 4.74 Å². The number of anilines is 1. The summed E-state index contributed by atoms with van der Waals surface area (Å²) in [6.07, 6.45) is 8.86. The zero-order chi connectivity index (χ0) is 21.4. The highest BCUT2D eigenvalue weighted by molar-refractivity contribution is 8.03. The Labute approximate surface area is 187 Å². The van der Waals surface area contributed by atoms with Crippen LogP contribution >= 0.6 is 23.1 Å². The van der Waals surface area contributed by atoms with Gasteiger partial charge in [-0.1, -0.05) is 31.0 Å². The van der Waals surface area contributed by atoms with Gasteiger partial charge in [-0.15, -0.1) is 11.3 Å². The molecule has 1 saturated carbocycles. The molecule has 1 fully saturated rings. The molecule has 0 atom stereocenters. The summed E-state index contributed by atoms with van der Waals surface area (Å²) in [5, 5.41) is 5.30. The molecule has 0 unspecified atom stereocenters. The van der Waals surface area contributed by atoms with Crippen LogP contribution in [-0.2, 0) is 16.0 Å². The molecule has 4 nitrogen and oxygen atoms in total. The van der Waals surface area contributed by atoms with Crippen molar-refractivity contribution < 1.29 is 13.9 Å². The van der Waals surface area contributed by atoms with E-state index >= 15 is 0 Å². The van der Waals surface area contributed by atoms with Gasteiger partial charge < -0.3 is 10.1 Å². The summed E-state index contributed by atoms with van der Waals surface area (Å²) in [6, 6.07) is 6.33. The fraction of sp³-hybridized carbons (Fsp3) is 0.565. The molecule has 0 saturated heterocycles. The highest BCUT2D eigenvalue weighted by Crippen LogP contribution is 2.36. The van der Waals surface area contributed by atoms with Crippen molar-refractivity contribution in [2.45, 2.75) is 80.4 Å². The van der Waals surface area contributed by atoms with Crippen molar-refractivity contribution in [1.29, 1.82) is 0 Å². The van der Waals surface area contributed by atoms with Crippen LogP contribution < -0.4 is 5.32 Å². The lowest BCUT2D eigenvalue weighted by atomic mass is 9.98. The fourth-order valence-electron chi connectivity index (χ4n) is 3.44. The number of benzene rings is 1. The molecule has 0 bridgehead atoms. The van der Waals surface area contributed by atoms with E-state index in [2.05, 4.69) is 10.3 Å². The van der Waals surface area contributed by atoms with Crippen molar-refractivity contribution in [3.63, 3.8) is 0 Å². The number of hydrogen-bond donors (Lipinski definition) is 1. The van der Waals surface area contributed by atoms with Gasteiger partial charge in [-0.25, -0.2) is 9.37 Å². The normalized spacial score (nSPS) is 16.0. The standard InChI is InChI=1S/C23H31FN2O2S2/c1-23(2,21(27)28-20-8-6-4-3-5-7-9-20)30-22-26-19(16-29-22)14-15-25-18-12-10-17(24)11-13-18/h10-13,16,20,25H,3-9,14-15H2,1-2H3. The van der Waals surface area contributed by atoms with Gasteiger partial charge in [0.15, 0.2) is 4.34 Å².